The normalized spacial score (nSPS) is 10.5. The number of ether oxygens (including phenoxy) is 1. The summed E-state index contributed by atoms with van der Waals surface area (Å²) in [5.41, 5.74) is 5.04. The van der Waals surface area contributed by atoms with E-state index in [0.717, 1.165) is 10.1 Å². The first kappa shape index (κ1) is 17.5. The second-order valence-electron chi connectivity index (χ2n) is 5.03. The monoisotopic (exact) mass is 394 g/mol. The average molecular weight is 395 g/mol. The molecule has 1 aromatic heterocycles. The van der Waals surface area contributed by atoms with Crippen LogP contribution >= 0.6 is 34.5 Å². The highest BCUT2D eigenvalue weighted by atomic mass is 35.5. The van der Waals surface area contributed by atoms with Gasteiger partial charge in [0.1, 0.15) is 10.6 Å². The van der Waals surface area contributed by atoms with E-state index in [9.17, 15) is 9.59 Å². The molecule has 0 aliphatic heterocycles. The number of methoxy groups -OCH3 is 1. The van der Waals surface area contributed by atoms with Crippen LogP contribution in [0.15, 0.2) is 42.5 Å². The summed E-state index contributed by atoms with van der Waals surface area (Å²) in [4.78, 5) is 24.7. The van der Waals surface area contributed by atoms with Gasteiger partial charge in [-0.1, -0.05) is 29.3 Å². The number of fused-ring (bicyclic) bond motifs is 1. The van der Waals surface area contributed by atoms with Crippen molar-refractivity contribution in [3.63, 3.8) is 0 Å². The number of amides is 2. The fourth-order valence-corrected chi connectivity index (χ4v) is 3.82. The summed E-state index contributed by atoms with van der Waals surface area (Å²) >= 11 is 13.3. The maximum atomic E-state index is 12.3. The SMILES string of the molecule is COc1ccc2c(Cl)c(C(=O)NNC(=O)c3cccc(Cl)c3)sc2c1. The first-order chi connectivity index (χ1) is 12.0. The summed E-state index contributed by atoms with van der Waals surface area (Å²) in [5, 5.41) is 1.51. The number of halogens is 2. The molecule has 2 aromatic carbocycles. The van der Waals surface area contributed by atoms with Gasteiger partial charge in [-0.2, -0.15) is 0 Å². The number of hydrogen-bond acceptors (Lipinski definition) is 4. The summed E-state index contributed by atoms with van der Waals surface area (Å²) in [6, 6.07) is 11.7. The maximum Gasteiger partial charge on any atom is 0.281 e. The van der Waals surface area contributed by atoms with Crippen LogP contribution in [0, 0.1) is 0 Å². The van der Waals surface area contributed by atoms with Crippen LogP contribution in [-0.4, -0.2) is 18.9 Å². The summed E-state index contributed by atoms with van der Waals surface area (Å²) in [6.07, 6.45) is 0. The molecule has 0 aliphatic carbocycles. The predicted molar refractivity (Wildman–Crippen MR) is 99.8 cm³/mol. The van der Waals surface area contributed by atoms with Gasteiger partial charge in [0.2, 0.25) is 0 Å². The van der Waals surface area contributed by atoms with E-state index in [1.165, 1.54) is 17.4 Å². The van der Waals surface area contributed by atoms with Crippen LogP contribution in [-0.2, 0) is 0 Å². The molecule has 3 aromatic rings. The van der Waals surface area contributed by atoms with Crippen LogP contribution in [0.5, 0.6) is 5.75 Å². The van der Waals surface area contributed by atoms with Gasteiger partial charge in [0.25, 0.3) is 11.8 Å². The summed E-state index contributed by atoms with van der Waals surface area (Å²) < 4.78 is 5.98. The smallest absolute Gasteiger partial charge is 0.281 e. The van der Waals surface area contributed by atoms with Gasteiger partial charge in [0.15, 0.2) is 0 Å². The van der Waals surface area contributed by atoms with Crippen molar-refractivity contribution in [1.29, 1.82) is 0 Å². The molecule has 0 spiro atoms. The Balaban J connectivity index is 1.76. The number of nitrogens with one attached hydrogen (secondary N) is 2. The largest absolute Gasteiger partial charge is 0.497 e. The molecule has 0 bridgehead atoms. The minimum absolute atomic E-state index is 0.302. The molecular formula is C17H12Cl2N2O3S. The highest BCUT2D eigenvalue weighted by Gasteiger charge is 2.18. The third-order valence-corrected chi connectivity index (χ3v) is 5.31. The molecule has 2 amide bonds. The minimum Gasteiger partial charge on any atom is -0.497 e. The number of hydrogen-bond donors (Lipinski definition) is 2. The molecule has 5 nitrogen and oxygen atoms in total. The van der Waals surface area contributed by atoms with E-state index in [1.807, 2.05) is 0 Å². The molecule has 25 heavy (non-hydrogen) atoms. The Morgan fingerprint density at radius 2 is 1.80 bits per heavy atom. The lowest BCUT2D eigenvalue weighted by Gasteiger charge is -2.06. The number of carbonyl (C=O) groups is 2. The number of thiophene rings is 1. The van der Waals surface area contributed by atoms with E-state index in [-0.39, 0.29) is 0 Å². The van der Waals surface area contributed by atoms with Gasteiger partial charge < -0.3 is 4.74 Å². The molecule has 1 heterocycles. The van der Waals surface area contributed by atoms with E-state index in [1.54, 1.807) is 43.5 Å². The number of benzene rings is 2. The van der Waals surface area contributed by atoms with Gasteiger partial charge in [-0.25, -0.2) is 0 Å². The van der Waals surface area contributed by atoms with Crippen LogP contribution in [0.4, 0.5) is 0 Å². The van der Waals surface area contributed by atoms with Gasteiger partial charge in [-0.05, 0) is 36.4 Å². The Hall–Kier alpha value is -2.28. The maximum absolute atomic E-state index is 12.3. The Labute approximate surface area is 157 Å². The lowest BCUT2D eigenvalue weighted by atomic mass is 10.2. The van der Waals surface area contributed by atoms with Gasteiger partial charge in [0.05, 0.1) is 12.1 Å². The van der Waals surface area contributed by atoms with Crippen molar-refractivity contribution in [2.45, 2.75) is 0 Å². The van der Waals surface area contributed by atoms with E-state index in [2.05, 4.69) is 10.9 Å². The second kappa shape index (κ2) is 7.31. The molecule has 0 fully saturated rings. The zero-order chi connectivity index (χ0) is 18.0. The molecule has 0 saturated carbocycles. The van der Waals surface area contributed by atoms with Crippen LogP contribution in [0.2, 0.25) is 10.0 Å². The van der Waals surface area contributed by atoms with E-state index < -0.39 is 11.8 Å². The second-order valence-corrected chi connectivity index (χ2v) is 6.89. The van der Waals surface area contributed by atoms with Crippen molar-refractivity contribution in [2.24, 2.45) is 0 Å². The quantitative estimate of drug-likeness (QED) is 0.651. The molecule has 128 valence electrons. The van der Waals surface area contributed by atoms with E-state index in [4.69, 9.17) is 27.9 Å². The van der Waals surface area contributed by atoms with Gasteiger partial charge in [0, 0.05) is 20.7 Å². The van der Waals surface area contributed by atoms with Crippen molar-refractivity contribution in [3.05, 3.63) is 63.0 Å². The van der Waals surface area contributed by atoms with Gasteiger partial charge in [-0.15, -0.1) is 11.3 Å². The fraction of sp³-hybridized carbons (Fsp3) is 0.0588. The van der Waals surface area contributed by atoms with Gasteiger partial charge in [-0.3, -0.25) is 20.4 Å². The lowest BCUT2D eigenvalue weighted by molar-refractivity contribution is 0.0849. The zero-order valence-corrected chi connectivity index (χ0v) is 15.3. The Bertz CT molecular complexity index is 972. The number of rotatable bonds is 3. The Morgan fingerprint density at radius 3 is 2.52 bits per heavy atom. The van der Waals surface area contributed by atoms with Crippen molar-refractivity contribution in [3.8, 4) is 5.75 Å². The third-order valence-electron chi connectivity index (χ3n) is 3.42. The average Bonchev–Trinajstić information content (AvgIpc) is 2.95. The summed E-state index contributed by atoms with van der Waals surface area (Å²) in [7, 11) is 1.56. The molecule has 0 unspecified atom stereocenters. The van der Waals surface area contributed by atoms with Crippen molar-refractivity contribution >= 4 is 56.4 Å². The van der Waals surface area contributed by atoms with Crippen molar-refractivity contribution in [1.82, 2.24) is 10.9 Å². The number of hydrazine groups is 1. The molecule has 0 radical (unpaired) electrons. The van der Waals surface area contributed by atoms with Crippen LogP contribution in [0.25, 0.3) is 10.1 Å². The Morgan fingerprint density at radius 1 is 1.04 bits per heavy atom. The predicted octanol–water partition coefficient (Wildman–Crippen LogP) is 4.29. The molecule has 0 saturated heterocycles. The van der Waals surface area contributed by atoms with E-state index in [0.29, 0.717) is 26.2 Å². The molecule has 8 heteroatoms. The van der Waals surface area contributed by atoms with Crippen molar-refractivity contribution in [2.75, 3.05) is 7.11 Å². The first-order valence-electron chi connectivity index (χ1n) is 7.12. The highest BCUT2D eigenvalue weighted by molar-refractivity contribution is 7.21. The van der Waals surface area contributed by atoms with Crippen LogP contribution in [0.1, 0.15) is 20.0 Å². The summed E-state index contributed by atoms with van der Waals surface area (Å²) in [5.74, 6) is -0.304. The summed E-state index contributed by atoms with van der Waals surface area (Å²) in [6.45, 7) is 0. The standard InChI is InChI=1S/C17H12Cl2N2O3S/c1-24-11-5-6-12-13(8-11)25-15(14(12)19)17(23)21-20-16(22)9-3-2-4-10(18)7-9/h2-8H,1H3,(H,20,22)(H,21,23). The van der Waals surface area contributed by atoms with Crippen LogP contribution in [0.3, 0.4) is 0 Å². The van der Waals surface area contributed by atoms with Crippen LogP contribution < -0.4 is 15.6 Å². The highest BCUT2D eigenvalue weighted by Crippen LogP contribution is 2.37. The molecule has 0 aliphatic rings. The Kier molecular flexibility index (Phi) is 5.13. The number of carbonyl (C=O) groups excluding carboxylic acids is 2. The molecular weight excluding hydrogens is 383 g/mol. The fourth-order valence-electron chi connectivity index (χ4n) is 2.19. The molecule has 2 N–H and O–H groups in total. The first-order valence-corrected chi connectivity index (χ1v) is 8.69. The third kappa shape index (κ3) is 3.71. The topological polar surface area (TPSA) is 67.4 Å². The molecule has 3 rings (SSSR count). The minimum atomic E-state index is -0.499. The van der Waals surface area contributed by atoms with Gasteiger partial charge >= 0.3 is 0 Å². The molecule has 0 atom stereocenters. The zero-order valence-electron chi connectivity index (χ0n) is 12.9. The lowest BCUT2D eigenvalue weighted by Crippen LogP contribution is -2.41. The van der Waals surface area contributed by atoms with Crippen molar-refractivity contribution < 1.29 is 14.3 Å². The van der Waals surface area contributed by atoms with E-state index >= 15 is 0 Å².